The van der Waals surface area contributed by atoms with Crippen LogP contribution >= 0.6 is 11.6 Å². The highest BCUT2D eigenvalue weighted by molar-refractivity contribution is 6.27. The van der Waals surface area contributed by atoms with E-state index in [2.05, 4.69) is 16.4 Å². The van der Waals surface area contributed by atoms with E-state index in [1.54, 1.807) is 4.90 Å². The van der Waals surface area contributed by atoms with E-state index in [-0.39, 0.29) is 17.7 Å². The number of fused-ring (bicyclic) bond motifs is 6. The fraction of sp³-hybridized carbons (Fsp3) is 0.200. The summed E-state index contributed by atoms with van der Waals surface area (Å²) in [6.07, 6.45) is 0.680. The van der Waals surface area contributed by atoms with Gasteiger partial charge in [-0.3, -0.25) is 9.59 Å². The zero-order valence-corrected chi connectivity index (χ0v) is 14.6. The number of anilines is 1. The van der Waals surface area contributed by atoms with Gasteiger partial charge in [-0.15, -0.1) is 11.6 Å². The summed E-state index contributed by atoms with van der Waals surface area (Å²) in [7, 11) is 0. The van der Waals surface area contributed by atoms with Crippen molar-refractivity contribution in [2.75, 3.05) is 17.7 Å². The Labute approximate surface area is 154 Å². The Balaban J connectivity index is 1.88. The number of carbonyl (C=O) groups excluding carboxylic acids is 2. The van der Waals surface area contributed by atoms with Crippen molar-refractivity contribution in [2.24, 2.45) is 0 Å². The zero-order chi connectivity index (χ0) is 17.9. The van der Waals surface area contributed by atoms with Crippen molar-refractivity contribution in [1.82, 2.24) is 9.88 Å². The number of aromatic nitrogens is 1. The molecular formula is C20H16ClN3O2. The highest BCUT2D eigenvalue weighted by Gasteiger charge is 2.57. The molecule has 0 radical (unpaired) electrons. The molecule has 130 valence electrons. The van der Waals surface area contributed by atoms with E-state index in [0.717, 1.165) is 33.4 Å². The number of amides is 2. The predicted molar refractivity (Wildman–Crippen MR) is 100 cm³/mol. The normalized spacial score (nSPS) is 21.0. The molecule has 2 aliphatic rings. The Hall–Kier alpha value is -2.79. The van der Waals surface area contributed by atoms with Gasteiger partial charge in [0, 0.05) is 28.7 Å². The molecule has 1 atom stereocenters. The van der Waals surface area contributed by atoms with Gasteiger partial charge >= 0.3 is 0 Å². The number of alkyl halides is 1. The largest absolute Gasteiger partial charge is 0.355 e. The Morgan fingerprint density at radius 2 is 1.92 bits per heavy atom. The zero-order valence-electron chi connectivity index (χ0n) is 13.9. The van der Waals surface area contributed by atoms with Crippen LogP contribution in [-0.2, 0) is 21.5 Å². The van der Waals surface area contributed by atoms with Gasteiger partial charge in [-0.05, 0) is 24.1 Å². The maximum Gasteiger partial charge on any atom is 0.261 e. The average Bonchev–Trinajstić information content (AvgIpc) is 3.19. The van der Waals surface area contributed by atoms with Crippen molar-refractivity contribution in [3.63, 3.8) is 0 Å². The van der Waals surface area contributed by atoms with Crippen LogP contribution in [0.3, 0.4) is 0 Å². The number of nitrogens with one attached hydrogen (secondary N) is 2. The Morgan fingerprint density at radius 3 is 2.77 bits per heavy atom. The molecule has 2 aromatic carbocycles. The minimum absolute atomic E-state index is 0.160. The van der Waals surface area contributed by atoms with Gasteiger partial charge in [0.1, 0.15) is 5.88 Å². The lowest BCUT2D eigenvalue weighted by Crippen LogP contribution is -2.58. The van der Waals surface area contributed by atoms with Crippen LogP contribution in [0.1, 0.15) is 16.8 Å². The van der Waals surface area contributed by atoms with Crippen LogP contribution in [-0.4, -0.2) is 34.1 Å². The lowest BCUT2D eigenvalue weighted by atomic mass is 9.80. The van der Waals surface area contributed by atoms with E-state index < -0.39 is 5.54 Å². The van der Waals surface area contributed by atoms with Crippen LogP contribution in [0.15, 0.2) is 48.5 Å². The summed E-state index contributed by atoms with van der Waals surface area (Å²) in [6, 6.07) is 15.5. The van der Waals surface area contributed by atoms with E-state index in [4.69, 9.17) is 11.6 Å². The second-order valence-corrected chi connectivity index (χ2v) is 6.93. The van der Waals surface area contributed by atoms with Gasteiger partial charge in [-0.1, -0.05) is 36.4 Å². The summed E-state index contributed by atoms with van der Waals surface area (Å²) in [5, 5.41) is 4.05. The molecule has 5 nitrogen and oxygen atoms in total. The van der Waals surface area contributed by atoms with E-state index in [1.807, 2.05) is 42.5 Å². The second kappa shape index (κ2) is 5.35. The van der Waals surface area contributed by atoms with Crippen LogP contribution in [0.4, 0.5) is 5.69 Å². The van der Waals surface area contributed by atoms with Crippen molar-refractivity contribution in [2.45, 2.75) is 12.0 Å². The molecule has 2 amide bonds. The average molecular weight is 366 g/mol. The van der Waals surface area contributed by atoms with Gasteiger partial charge in [-0.2, -0.15) is 0 Å². The molecule has 26 heavy (non-hydrogen) atoms. The van der Waals surface area contributed by atoms with Crippen LogP contribution in [0.2, 0.25) is 0 Å². The summed E-state index contributed by atoms with van der Waals surface area (Å²) in [4.78, 5) is 31.1. The van der Waals surface area contributed by atoms with Crippen molar-refractivity contribution in [3.05, 3.63) is 65.4 Å². The van der Waals surface area contributed by atoms with Gasteiger partial charge in [0.2, 0.25) is 5.91 Å². The first kappa shape index (κ1) is 15.5. The summed E-state index contributed by atoms with van der Waals surface area (Å²) in [5.41, 5.74) is 3.15. The summed E-state index contributed by atoms with van der Waals surface area (Å²) in [6.45, 7) is 0.447. The lowest BCUT2D eigenvalue weighted by Gasteiger charge is -2.42. The summed E-state index contributed by atoms with van der Waals surface area (Å²) >= 11 is 5.89. The third-order valence-electron chi connectivity index (χ3n) is 5.47. The van der Waals surface area contributed by atoms with E-state index in [9.17, 15) is 9.59 Å². The number of H-pyrrole nitrogens is 1. The molecule has 0 saturated heterocycles. The number of para-hydroxylation sites is 2. The number of rotatable bonds is 1. The second-order valence-electron chi connectivity index (χ2n) is 6.66. The van der Waals surface area contributed by atoms with Crippen LogP contribution < -0.4 is 5.32 Å². The Morgan fingerprint density at radius 1 is 1.15 bits per heavy atom. The van der Waals surface area contributed by atoms with E-state index in [0.29, 0.717) is 13.0 Å². The van der Waals surface area contributed by atoms with Gasteiger partial charge in [-0.25, -0.2) is 0 Å². The van der Waals surface area contributed by atoms with Crippen LogP contribution in [0, 0.1) is 0 Å². The number of hydrogen-bond acceptors (Lipinski definition) is 2. The van der Waals surface area contributed by atoms with E-state index in [1.165, 1.54) is 0 Å². The quantitative estimate of drug-likeness (QED) is 0.651. The molecule has 3 aromatic rings. The number of carbonyl (C=O) groups is 2. The van der Waals surface area contributed by atoms with Gasteiger partial charge in [0.05, 0.1) is 5.69 Å². The SMILES string of the molecule is O=C(CCl)N1CCc2c([nH]c3ccccc23)C12C(=O)Nc1ccccc12. The number of benzene rings is 2. The first-order valence-electron chi connectivity index (χ1n) is 8.55. The maximum absolute atomic E-state index is 13.3. The fourth-order valence-corrected chi connectivity index (χ4v) is 4.58. The van der Waals surface area contributed by atoms with Crippen molar-refractivity contribution in [1.29, 1.82) is 0 Å². The van der Waals surface area contributed by atoms with Crippen molar-refractivity contribution in [3.8, 4) is 0 Å². The number of hydrogen-bond donors (Lipinski definition) is 2. The molecule has 1 unspecified atom stereocenters. The summed E-state index contributed by atoms with van der Waals surface area (Å²) in [5.74, 6) is -0.625. The lowest BCUT2D eigenvalue weighted by molar-refractivity contribution is -0.142. The minimum Gasteiger partial charge on any atom is -0.355 e. The number of aromatic amines is 1. The first-order valence-corrected chi connectivity index (χ1v) is 9.09. The molecule has 0 saturated carbocycles. The number of nitrogens with zero attached hydrogens (tertiary/aromatic N) is 1. The Kier molecular flexibility index (Phi) is 3.18. The molecule has 0 bridgehead atoms. The smallest absolute Gasteiger partial charge is 0.261 e. The molecule has 3 heterocycles. The highest BCUT2D eigenvalue weighted by atomic mass is 35.5. The summed E-state index contributed by atoms with van der Waals surface area (Å²) < 4.78 is 0. The molecule has 1 aromatic heterocycles. The maximum atomic E-state index is 13.3. The molecule has 0 aliphatic carbocycles. The van der Waals surface area contributed by atoms with Gasteiger partial charge < -0.3 is 15.2 Å². The topological polar surface area (TPSA) is 65.2 Å². The molecule has 1 spiro atoms. The fourth-order valence-electron chi connectivity index (χ4n) is 4.44. The van der Waals surface area contributed by atoms with Gasteiger partial charge in [0.25, 0.3) is 5.91 Å². The predicted octanol–water partition coefficient (Wildman–Crippen LogP) is 2.99. The van der Waals surface area contributed by atoms with Crippen molar-refractivity contribution >= 4 is 40.0 Å². The van der Waals surface area contributed by atoms with Crippen LogP contribution in [0.5, 0.6) is 0 Å². The number of halogens is 1. The first-order chi connectivity index (χ1) is 12.7. The van der Waals surface area contributed by atoms with Crippen LogP contribution in [0.25, 0.3) is 10.9 Å². The monoisotopic (exact) mass is 365 g/mol. The minimum atomic E-state index is -1.20. The molecule has 2 aliphatic heterocycles. The third kappa shape index (κ3) is 1.76. The van der Waals surface area contributed by atoms with Gasteiger partial charge in [0.15, 0.2) is 5.54 Å². The standard InChI is InChI=1S/C20H16ClN3O2/c21-11-17(25)24-10-9-13-12-5-1-3-7-15(12)22-18(13)20(24)14-6-2-4-8-16(14)23-19(20)26/h1-8,22H,9-11H2,(H,23,26). The molecule has 6 heteroatoms. The molecular weight excluding hydrogens is 350 g/mol. The van der Waals surface area contributed by atoms with E-state index >= 15 is 0 Å². The molecule has 5 rings (SSSR count). The third-order valence-corrected chi connectivity index (χ3v) is 5.70. The van der Waals surface area contributed by atoms with Crippen molar-refractivity contribution < 1.29 is 9.59 Å². The highest BCUT2D eigenvalue weighted by Crippen LogP contribution is 2.49. The molecule has 2 N–H and O–H groups in total. The Bertz CT molecular complexity index is 1070. The molecule has 0 fully saturated rings.